The molecule has 4 nitrogen and oxygen atoms in total. The van der Waals surface area contributed by atoms with Crippen LogP contribution in [-0.2, 0) is 0 Å². The maximum Gasteiger partial charge on any atom is 0.349 e. The molecule has 0 amide bonds. The predicted molar refractivity (Wildman–Crippen MR) is 106 cm³/mol. The molecule has 3 rings (SSSR count). The van der Waals surface area contributed by atoms with Crippen molar-refractivity contribution >= 4 is 27.4 Å². The molecule has 0 aliphatic heterocycles. The number of carbonyl (C=O) groups is 1. The van der Waals surface area contributed by atoms with E-state index in [0.717, 1.165) is 40.7 Å². The summed E-state index contributed by atoms with van der Waals surface area (Å²) in [7, 11) is 1.63. The fraction of sp³-hybridized carbons (Fsp3) is 0.571. The highest BCUT2D eigenvalue weighted by molar-refractivity contribution is 7.21. The standard InChI is InChI=1S/C21H28O4S/c1-12-7-16-14(8-15(12)24-6)17(18(26-16)19(22)23)25-13-9-20(2,3)11-21(4,5)10-13/h7-8,13H,9-11H2,1-6H3,(H,22,23). The Morgan fingerprint density at radius 2 is 1.81 bits per heavy atom. The van der Waals surface area contributed by atoms with Crippen LogP contribution >= 0.6 is 11.3 Å². The highest BCUT2D eigenvalue weighted by Gasteiger charge is 2.40. The molecule has 5 heteroatoms. The molecular formula is C21H28O4S. The number of hydrogen-bond acceptors (Lipinski definition) is 4. The fourth-order valence-corrected chi connectivity index (χ4v) is 5.73. The zero-order chi connectivity index (χ0) is 19.3. The molecule has 0 atom stereocenters. The number of methoxy groups -OCH3 is 1. The Labute approximate surface area is 159 Å². The molecular weight excluding hydrogens is 348 g/mol. The minimum atomic E-state index is -0.938. The summed E-state index contributed by atoms with van der Waals surface area (Å²) < 4.78 is 12.7. The van der Waals surface area contributed by atoms with Crippen LogP contribution in [0.15, 0.2) is 12.1 Å². The number of ether oxygens (including phenoxy) is 2. The van der Waals surface area contributed by atoms with Crippen molar-refractivity contribution in [2.24, 2.45) is 10.8 Å². The number of aromatic carboxylic acids is 1. The van der Waals surface area contributed by atoms with Crippen LogP contribution in [0.3, 0.4) is 0 Å². The molecule has 1 aromatic carbocycles. The van der Waals surface area contributed by atoms with Crippen molar-refractivity contribution < 1.29 is 19.4 Å². The summed E-state index contributed by atoms with van der Waals surface area (Å²) in [6.45, 7) is 11.0. The third-order valence-electron chi connectivity index (χ3n) is 5.16. The van der Waals surface area contributed by atoms with Crippen LogP contribution < -0.4 is 9.47 Å². The van der Waals surface area contributed by atoms with Gasteiger partial charge >= 0.3 is 5.97 Å². The molecule has 1 aromatic heterocycles. The molecule has 1 aliphatic carbocycles. The van der Waals surface area contributed by atoms with E-state index in [4.69, 9.17) is 9.47 Å². The molecule has 1 heterocycles. The lowest BCUT2D eigenvalue weighted by Crippen LogP contribution is -2.39. The largest absolute Gasteiger partial charge is 0.496 e. The maximum absolute atomic E-state index is 11.8. The van der Waals surface area contributed by atoms with Crippen molar-refractivity contribution in [2.75, 3.05) is 7.11 Å². The lowest BCUT2D eigenvalue weighted by atomic mass is 9.64. The summed E-state index contributed by atoms with van der Waals surface area (Å²) in [5, 5.41) is 10.5. The van der Waals surface area contributed by atoms with E-state index in [1.807, 2.05) is 19.1 Å². The molecule has 0 radical (unpaired) electrons. The Balaban J connectivity index is 2.05. The van der Waals surface area contributed by atoms with Crippen molar-refractivity contribution in [1.29, 1.82) is 0 Å². The highest BCUT2D eigenvalue weighted by atomic mass is 32.1. The molecule has 1 aliphatic rings. The molecule has 0 bridgehead atoms. The predicted octanol–water partition coefficient (Wildman–Crippen LogP) is 5.90. The Bertz CT molecular complexity index is 831. The van der Waals surface area contributed by atoms with Gasteiger partial charge < -0.3 is 14.6 Å². The summed E-state index contributed by atoms with van der Waals surface area (Å²) in [6, 6.07) is 3.88. The monoisotopic (exact) mass is 376 g/mol. The fourth-order valence-electron chi connectivity index (χ4n) is 4.67. The molecule has 0 spiro atoms. The van der Waals surface area contributed by atoms with Gasteiger partial charge in [-0.3, -0.25) is 0 Å². The van der Waals surface area contributed by atoms with Gasteiger partial charge in [0.15, 0.2) is 10.6 Å². The Morgan fingerprint density at radius 1 is 1.19 bits per heavy atom. The van der Waals surface area contributed by atoms with Crippen LogP contribution in [-0.4, -0.2) is 24.3 Å². The van der Waals surface area contributed by atoms with Gasteiger partial charge in [-0.2, -0.15) is 0 Å². The lowest BCUT2D eigenvalue weighted by molar-refractivity contribution is 0.0137. The summed E-state index contributed by atoms with van der Waals surface area (Å²) in [5.74, 6) is 0.308. The molecule has 1 fully saturated rings. The van der Waals surface area contributed by atoms with Gasteiger partial charge in [-0.15, -0.1) is 11.3 Å². The molecule has 142 valence electrons. The zero-order valence-corrected chi connectivity index (χ0v) is 17.3. The molecule has 0 saturated heterocycles. The summed E-state index contributed by atoms with van der Waals surface area (Å²) >= 11 is 1.27. The minimum Gasteiger partial charge on any atom is -0.496 e. The van der Waals surface area contributed by atoms with Crippen LogP contribution in [0.4, 0.5) is 0 Å². The number of benzene rings is 1. The molecule has 2 aromatic rings. The smallest absolute Gasteiger partial charge is 0.349 e. The van der Waals surface area contributed by atoms with Gasteiger partial charge in [-0.1, -0.05) is 27.7 Å². The first-order chi connectivity index (χ1) is 12.0. The van der Waals surface area contributed by atoms with Crippen molar-refractivity contribution in [2.45, 2.75) is 60.0 Å². The highest BCUT2D eigenvalue weighted by Crippen LogP contribution is 2.48. The summed E-state index contributed by atoms with van der Waals surface area (Å²) in [6.07, 6.45) is 3.01. The van der Waals surface area contributed by atoms with Crippen molar-refractivity contribution in [3.63, 3.8) is 0 Å². The van der Waals surface area contributed by atoms with Gasteiger partial charge in [0, 0.05) is 10.1 Å². The number of carboxylic acids is 1. The first-order valence-electron chi connectivity index (χ1n) is 9.02. The second-order valence-corrected chi connectivity index (χ2v) is 10.1. The average molecular weight is 377 g/mol. The zero-order valence-electron chi connectivity index (χ0n) is 16.4. The van der Waals surface area contributed by atoms with Crippen LogP contribution in [0.2, 0.25) is 0 Å². The average Bonchev–Trinajstić information content (AvgIpc) is 2.80. The van der Waals surface area contributed by atoms with Gasteiger partial charge in [0.05, 0.1) is 13.2 Å². The van der Waals surface area contributed by atoms with E-state index >= 15 is 0 Å². The Hall–Kier alpha value is -1.75. The van der Waals surface area contributed by atoms with Crippen molar-refractivity contribution in [3.05, 3.63) is 22.6 Å². The number of hydrogen-bond donors (Lipinski definition) is 1. The van der Waals surface area contributed by atoms with Crippen LogP contribution in [0, 0.1) is 17.8 Å². The Morgan fingerprint density at radius 3 is 2.35 bits per heavy atom. The van der Waals surface area contributed by atoms with Crippen molar-refractivity contribution in [1.82, 2.24) is 0 Å². The quantitative estimate of drug-likeness (QED) is 0.722. The van der Waals surface area contributed by atoms with Gasteiger partial charge in [-0.05, 0) is 54.7 Å². The number of aryl methyl sites for hydroxylation is 1. The number of fused-ring (bicyclic) bond motifs is 1. The first-order valence-corrected chi connectivity index (χ1v) is 9.84. The maximum atomic E-state index is 11.8. The van der Waals surface area contributed by atoms with E-state index in [-0.39, 0.29) is 21.8 Å². The van der Waals surface area contributed by atoms with E-state index in [1.54, 1.807) is 7.11 Å². The van der Waals surface area contributed by atoms with Crippen LogP contribution in [0.25, 0.3) is 10.1 Å². The van der Waals surface area contributed by atoms with E-state index < -0.39 is 5.97 Å². The van der Waals surface area contributed by atoms with Crippen LogP contribution in [0.5, 0.6) is 11.5 Å². The third kappa shape index (κ3) is 3.68. The molecule has 1 saturated carbocycles. The van der Waals surface area contributed by atoms with Gasteiger partial charge in [0.25, 0.3) is 0 Å². The van der Waals surface area contributed by atoms with Crippen molar-refractivity contribution in [3.8, 4) is 11.5 Å². The SMILES string of the molecule is COc1cc2c(OC3CC(C)(C)CC(C)(C)C3)c(C(=O)O)sc2cc1C. The third-order valence-corrected chi connectivity index (χ3v) is 6.28. The Kier molecular flexibility index (Phi) is 4.72. The molecule has 26 heavy (non-hydrogen) atoms. The normalized spacial score (nSPS) is 19.5. The number of thiophene rings is 1. The molecule has 0 unspecified atom stereocenters. The van der Waals surface area contributed by atoms with Gasteiger partial charge in [0.2, 0.25) is 0 Å². The van der Waals surface area contributed by atoms with E-state index in [0.29, 0.717) is 5.75 Å². The topological polar surface area (TPSA) is 55.8 Å². The van der Waals surface area contributed by atoms with Crippen LogP contribution in [0.1, 0.15) is 62.2 Å². The molecule has 1 N–H and O–H groups in total. The van der Waals surface area contributed by atoms with E-state index in [9.17, 15) is 9.90 Å². The van der Waals surface area contributed by atoms with Gasteiger partial charge in [-0.25, -0.2) is 4.79 Å². The minimum absolute atomic E-state index is 0.0111. The van der Waals surface area contributed by atoms with Gasteiger partial charge in [0.1, 0.15) is 5.75 Å². The number of carboxylic acid groups (broad SMARTS) is 1. The number of rotatable bonds is 4. The summed E-state index contributed by atoms with van der Waals surface area (Å²) in [4.78, 5) is 12.1. The van der Waals surface area contributed by atoms with E-state index in [2.05, 4.69) is 27.7 Å². The second kappa shape index (κ2) is 6.45. The first kappa shape index (κ1) is 19.0. The lowest BCUT2D eigenvalue weighted by Gasteiger charge is -2.44. The van der Waals surface area contributed by atoms with E-state index in [1.165, 1.54) is 11.3 Å². The second-order valence-electron chi connectivity index (χ2n) is 9.04. The summed E-state index contributed by atoms with van der Waals surface area (Å²) in [5.41, 5.74) is 1.34.